The molecule has 0 unspecified atom stereocenters. The van der Waals surface area contributed by atoms with Gasteiger partial charge in [-0.25, -0.2) is 0 Å². The van der Waals surface area contributed by atoms with E-state index in [1.54, 1.807) is 0 Å². The minimum absolute atomic E-state index is 0.148. The number of carbonyl (C=O) groups excluding carboxylic acids is 1. The van der Waals surface area contributed by atoms with E-state index in [0.29, 0.717) is 12.3 Å². The van der Waals surface area contributed by atoms with Crippen LogP contribution in [0, 0.1) is 5.92 Å². The van der Waals surface area contributed by atoms with Gasteiger partial charge in [0.15, 0.2) is 0 Å². The molecular weight excluding hydrogens is 300 g/mol. The average Bonchev–Trinajstić information content (AvgIpc) is 3.06. The molecule has 2 fully saturated rings. The van der Waals surface area contributed by atoms with E-state index in [-0.39, 0.29) is 18.1 Å². The number of nitrogens with zero attached hydrogens (tertiary/aromatic N) is 1. The summed E-state index contributed by atoms with van der Waals surface area (Å²) in [7, 11) is 0. The Morgan fingerprint density at radius 3 is 2.58 bits per heavy atom. The van der Waals surface area contributed by atoms with E-state index in [4.69, 9.17) is 0 Å². The summed E-state index contributed by atoms with van der Waals surface area (Å²) < 4.78 is 0. The van der Waals surface area contributed by atoms with Gasteiger partial charge in [0.1, 0.15) is 0 Å². The van der Waals surface area contributed by atoms with Crippen LogP contribution in [-0.4, -0.2) is 47.7 Å². The third-order valence-electron chi connectivity index (χ3n) is 5.44. The molecule has 1 aliphatic heterocycles. The Bertz CT molecular complexity index is 508. The molecule has 0 bridgehead atoms. The van der Waals surface area contributed by atoms with Gasteiger partial charge in [0.05, 0.1) is 6.10 Å². The van der Waals surface area contributed by atoms with Gasteiger partial charge < -0.3 is 15.3 Å². The van der Waals surface area contributed by atoms with Gasteiger partial charge in [-0.05, 0) is 69.6 Å². The number of benzene rings is 1. The van der Waals surface area contributed by atoms with Crippen molar-refractivity contribution in [3.05, 3.63) is 35.9 Å². The predicted octanol–water partition coefficient (Wildman–Crippen LogP) is 2.36. The quantitative estimate of drug-likeness (QED) is 0.769. The molecule has 3 rings (SSSR count). The normalized spacial score (nSPS) is 25.2. The van der Waals surface area contributed by atoms with E-state index in [1.807, 2.05) is 18.2 Å². The first-order chi connectivity index (χ1) is 11.7. The monoisotopic (exact) mass is 330 g/mol. The fraction of sp³-hybridized carbons (Fsp3) is 0.650. The molecule has 0 spiro atoms. The zero-order valence-electron chi connectivity index (χ0n) is 14.5. The largest absolute Gasteiger partial charge is 0.393 e. The molecule has 1 aromatic carbocycles. The third kappa shape index (κ3) is 5.05. The average molecular weight is 330 g/mol. The lowest BCUT2D eigenvalue weighted by Crippen LogP contribution is -2.48. The number of amides is 1. The molecule has 1 amide bonds. The van der Waals surface area contributed by atoms with Crippen molar-refractivity contribution in [3.8, 4) is 0 Å². The minimum Gasteiger partial charge on any atom is -0.393 e. The van der Waals surface area contributed by atoms with Crippen molar-refractivity contribution in [2.75, 3.05) is 19.6 Å². The van der Waals surface area contributed by atoms with Crippen molar-refractivity contribution < 1.29 is 9.90 Å². The summed E-state index contributed by atoms with van der Waals surface area (Å²) in [4.78, 5) is 14.8. The zero-order valence-corrected chi connectivity index (χ0v) is 14.5. The highest BCUT2D eigenvalue weighted by Gasteiger charge is 2.34. The lowest BCUT2D eigenvalue weighted by molar-refractivity contribution is -0.123. The number of hydrogen-bond donors (Lipinski definition) is 2. The Balaban J connectivity index is 1.46. The Kier molecular flexibility index (Phi) is 6.27. The molecule has 1 aliphatic carbocycles. The van der Waals surface area contributed by atoms with Crippen LogP contribution in [0.5, 0.6) is 0 Å². The second-order valence-corrected chi connectivity index (χ2v) is 7.40. The minimum atomic E-state index is -0.180. The molecular formula is C20H30N2O2. The number of aliphatic hydroxyl groups is 1. The maximum absolute atomic E-state index is 12.4. The summed E-state index contributed by atoms with van der Waals surface area (Å²) in [6.45, 7) is 3.43. The van der Waals surface area contributed by atoms with Crippen LogP contribution in [0.2, 0.25) is 0 Å². The van der Waals surface area contributed by atoms with E-state index >= 15 is 0 Å². The van der Waals surface area contributed by atoms with Crippen molar-refractivity contribution in [3.63, 3.8) is 0 Å². The van der Waals surface area contributed by atoms with Gasteiger partial charge in [-0.15, -0.1) is 0 Å². The lowest BCUT2D eigenvalue weighted by Gasteiger charge is -2.38. The molecule has 2 N–H and O–H groups in total. The summed E-state index contributed by atoms with van der Waals surface area (Å²) >= 11 is 0. The van der Waals surface area contributed by atoms with E-state index in [1.165, 1.54) is 31.5 Å². The molecule has 1 atom stereocenters. The van der Waals surface area contributed by atoms with Crippen LogP contribution >= 0.6 is 0 Å². The molecule has 132 valence electrons. The number of likely N-dealkylation sites (tertiary alicyclic amines) is 1. The van der Waals surface area contributed by atoms with Gasteiger partial charge >= 0.3 is 0 Å². The topological polar surface area (TPSA) is 52.6 Å². The van der Waals surface area contributed by atoms with Crippen LogP contribution in [0.15, 0.2) is 30.3 Å². The third-order valence-corrected chi connectivity index (χ3v) is 5.44. The van der Waals surface area contributed by atoms with Gasteiger partial charge in [-0.2, -0.15) is 0 Å². The van der Waals surface area contributed by atoms with Crippen molar-refractivity contribution in [2.24, 2.45) is 5.92 Å². The van der Waals surface area contributed by atoms with Crippen molar-refractivity contribution >= 4 is 5.91 Å². The predicted molar refractivity (Wildman–Crippen MR) is 95.7 cm³/mol. The van der Waals surface area contributed by atoms with Crippen molar-refractivity contribution in [2.45, 2.75) is 57.1 Å². The van der Waals surface area contributed by atoms with E-state index in [0.717, 1.165) is 32.2 Å². The van der Waals surface area contributed by atoms with Gasteiger partial charge in [0.25, 0.3) is 0 Å². The fourth-order valence-electron chi connectivity index (χ4n) is 3.91. The Morgan fingerprint density at radius 2 is 1.92 bits per heavy atom. The summed E-state index contributed by atoms with van der Waals surface area (Å²) in [6.07, 6.45) is 6.45. The van der Waals surface area contributed by atoms with Crippen LogP contribution in [-0.2, 0) is 11.2 Å². The number of aliphatic hydroxyl groups excluding tert-OH is 1. The molecule has 2 aliphatic rings. The number of nitrogens with one attached hydrogen (secondary N) is 1. The van der Waals surface area contributed by atoms with E-state index < -0.39 is 0 Å². The van der Waals surface area contributed by atoms with Gasteiger partial charge in [-0.3, -0.25) is 4.79 Å². The lowest BCUT2D eigenvalue weighted by atomic mass is 9.75. The highest BCUT2D eigenvalue weighted by Crippen LogP contribution is 2.31. The van der Waals surface area contributed by atoms with Crippen molar-refractivity contribution in [1.29, 1.82) is 0 Å². The summed E-state index contributed by atoms with van der Waals surface area (Å²) in [6, 6.07) is 10.5. The number of rotatable bonds is 8. The maximum Gasteiger partial charge on any atom is 0.220 e. The van der Waals surface area contributed by atoms with Gasteiger partial charge in [0, 0.05) is 12.5 Å². The second kappa shape index (κ2) is 8.63. The number of carbonyl (C=O) groups is 1. The van der Waals surface area contributed by atoms with Crippen molar-refractivity contribution in [1.82, 2.24) is 10.2 Å². The molecule has 1 saturated carbocycles. The molecule has 1 saturated heterocycles. The molecule has 4 heteroatoms. The van der Waals surface area contributed by atoms with Crippen LogP contribution in [0.4, 0.5) is 0 Å². The molecule has 1 heterocycles. The Labute approximate surface area is 145 Å². The SMILES string of the molecule is O=C(CCCN1CCCC1)N[C@H](Cc1ccccc1)C1CC(O)C1. The van der Waals surface area contributed by atoms with Crippen LogP contribution in [0.1, 0.15) is 44.1 Å². The van der Waals surface area contributed by atoms with Crippen LogP contribution in [0.25, 0.3) is 0 Å². The first-order valence-electron chi connectivity index (χ1n) is 9.44. The van der Waals surface area contributed by atoms with Crippen LogP contribution < -0.4 is 5.32 Å². The maximum atomic E-state index is 12.4. The Morgan fingerprint density at radius 1 is 1.21 bits per heavy atom. The fourth-order valence-corrected chi connectivity index (χ4v) is 3.91. The first-order valence-corrected chi connectivity index (χ1v) is 9.44. The van der Waals surface area contributed by atoms with E-state index in [2.05, 4.69) is 22.3 Å². The van der Waals surface area contributed by atoms with Gasteiger partial charge in [-0.1, -0.05) is 30.3 Å². The molecule has 24 heavy (non-hydrogen) atoms. The number of hydrogen-bond acceptors (Lipinski definition) is 3. The smallest absolute Gasteiger partial charge is 0.220 e. The summed E-state index contributed by atoms with van der Waals surface area (Å²) in [5, 5.41) is 12.9. The first kappa shape index (κ1) is 17.4. The van der Waals surface area contributed by atoms with Crippen LogP contribution in [0.3, 0.4) is 0 Å². The zero-order chi connectivity index (χ0) is 16.8. The second-order valence-electron chi connectivity index (χ2n) is 7.40. The standard InChI is InChI=1S/C20H30N2O2/c23-18-14-17(15-18)19(13-16-7-2-1-3-8-16)21-20(24)9-6-12-22-10-4-5-11-22/h1-3,7-8,17-19,23H,4-6,9-15H2,(H,21,24)/t17?,18?,19-/m1/s1. The Hall–Kier alpha value is -1.39. The van der Waals surface area contributed by atoms with Gasteiger partial charge in [0.2, 0.25) is 5.91 Å². The summed E-state index contributed by atoms with van der Waals surface area (Å²) in [5.74, 6) is 0.569. The summed E-state index contributed by atoms with van der Waals surface area (Å²) in [5.41, 5.74) is 1.25. The molecule has 1 aromatic rings. The highest BCUT2D eigenvalue weighted by atomic mass is 16.3. The highest BCUT2D eigenvalue weighted by molar-refractivity contribution is 5.76. The molecule has 0 aromatic heterocycles. The van der Waals surface area contributed by atoms with E-state index in [9.17, 15) is 9.90 Å². The molecule has 0 radical (unpaired) electrons. The molecule has 4 nitrogen and oxygen atoms in total.